The summed E-state index contributed by atoms with van der Waals surface area (Å²) >= 11 is 0. The number of nitrogens with one attached hydrogen (secondary N) is 1. The Hall–Kier alpha value is -3.92. The van der Waals surface area contributed by atoms with Gasteiger partial charge in [0.25, 0.3) is 11.8 Å². The molecular formula is C28H34N6O4. The van der Waals surface area contributed by atoms with Crippen molar-refractivity contribution in [2.45, 2.75) is 38.6 Å². The van der Waals surface area contributed by atoms with E-state index in [1.165, 1.54) is 0 Å². The number of methoxy groups -OCH3 is 1. The number of ether oxygens (including phenoxy) is 1. The Labute approximate surface area is 222 Å². The van der Waals surface area contributed by atoms with Crippen molar-refractivity contribution in [1.82, 2.24) is 29.9 Å². The predicted octanol–water partition coefficient (Wildman–Crippen LogP) is 3.05. The molecule has 10 nitrogen and oxygen atoms in total. The highest BCUT2D eigenvalue weighted by molar-refractivity contribution is 5.95. The van der Waals surface area contributed by atoms with Crippen molar-refractivity contribution < 1.29 is 19.4 Å². The van der Waals surface area contributed by atoms with E-state index in [1.807, 2.05) is 24.8 Å². The minimum atomic E-state index is -0.332. The average Bonchev–Trinajstić information content (AvgIpc) is 3.62. The standard InChI is InChI=1S/C28H34N6O4/c1-17(2)21-15-22(23(35)16-24(21)38-4)25-30-31-26(27(36)29-19-7-8-19)34(25)20-9-5-18(6-10-20)28(37)33-13-11-32(3)12-14-33/h5-6,9-10,15-17,19,35H,7-8,11-14H2,1-4H3,(H,29,36). The maximum atomic E-state index is 13.1. The van der Waals surface area contributed by atoms with Crippen LogP contribution in [0.15, 0.2) is 36.4 Å². The first kappa shape index (κ1) is 25.7. The van der Waals surface area contributed by atoms with Gasteiger partial charge in [0.15, 0.2) is 5.82 Å². The van der Waals surface area contributed by atoms with E-state index in [1.54, 1.807) is 42.0 Å². The van der Waals surface area contributed by atoms with Crippen LogP contribution < -0.4 is 10.1 Å². The normalized spacial score (nSPS) is 16.1. The summed E-state index contributed by atoms with van der Waals surface area (Å²) in [5.74, 6) is 0.757. The van der Waals surface area contributed by atoms with E-state index in [0.29, 0.717) is 41.5 Å². The van der Waals surface area contributed by atoms with Crippen LogP contribution in [0.2, 0.25) is 0 Å². The fourth-order valence-electron chi connectivity index (χ4n) is 4.67. The molecule has 200 valence electrons. The van der Waals surface area contributed by atoms with Crippen molar-refractivity contribution in [3.05, 3.63) is 53.3 Å². The molecule has 1 saturated carbocycles. The highest BCUT2D eigenvalue weighted by Gasteiger charge is 2.29. The Balaban J connectivity index is 1.55. The summed E-state index contributed by atoms with van der Waals surface area (Å²) < 4.78 is 7.11. The first-order valence-electron chi connectivity index (χ1n) is 13.0. The zero-order valence-electron chi connectivity index (χ0n) is 22.3. The number of benzene rings is 2. The van der Waals surface area contributed by atoms with Gasteiger partial charge in [-0.2, -0.15) is 0 Å². The molecule has 2 heterocycles. The molecule has 1 aromatic heterocycles. The molecule has 38 heavy (non-hydrogen) atoms. The number of nitrogens with zero attached hydrogens (tertiary/aromatic N) is 5. The molecule has 2 aromatic carbocycles. The molecule has 1 saturated heterocycles. The summed E-state index contributed by atoms with van der Waals surface area (Å²) in [6.07, 6.45) is 1.87. The quantitative estimate of drug-likeness (QED) is 0.494. The van der Waals surface area contributed by atoms with Crippen molar-refractivity contribution in [2.75, 3.05) is 40.3 Å². The van der Waals surface area contributed by atoms with Gasteiger partial charge in [-0.15, -0.1) is 10.2 Å². The van der Waals surface area contributed by atoms with Gasteiger partial charge in [-0.05, 0) is 61.7 Å². The molecule has 10 heteroatoms. The fraction of sp³-hybridized carbons (Fsp3) is 0.429. The number of aromatic nitrogens is 3. The molecule has 0 bridgehead atoms. The van der Waals surface area contributed by atoms with E-state index < -0.39 is 0 Å². The molecule has 1 aliphatic heterocycles. The lowest BCUT2D eigenvalue weighted by Gasteiger charge is -2.32. The highest BCUT2D eigenvalue weighted by atomic mass is 16.5. The van der Waals surface area contributed by atoms with Gasteiger partial charge in [-0.1, -0.05) is 13.8 Å². The van der Waals surface area contributed by atoms with Crippen molar-refractivity contribution in [2.24, 2.45) is 0 Å². The summed E-state index contributed by atoms with van der Waals surface area (Å²) in [6, 6.07) is 10.6. The fourth-order valence-corrected chi connectivity index (χ4v) is 4.67. The summed E-state index contributed by atoms with van der Waals surface area (Å²) in [5, 5.41) is 22.5. The number of carbonyl (C=O) groups is 2. The van der Waals surface area contributed by atoms with E-state index in [9.17, 15) is 14.7 Å². The number of aromatic hydroxyl groups is 1. The summed E-state index contributed by atoms with van der Waals surface area (Å²) in [7, 11) is 3.61. The molecule has 0 atom stereocenters. The first-order chi connectivity index (χ1) is 18.3. The predicted molar refractivity (Wildman–Crippen MR) is 143 cm³/mol. The van der Waals surface area contributed by atoms with Crippen LogP contribution in [-0.2, 0) is 0 Å². The number of amides is 2. The van der Waals surface area contributed by atoms with Crippen LogP contribution in [0.25, 0.3) is 17.1 Å². The lowest BCUT2D eigenvalue weighted by atomic mass is 9.98. The van der Waals surface area contributed by atoms with Gasteiger partial charge in [-0.3, -0.25) is 14.2 Å². The highest BCUT2D eigenvalue weighted by Crippen LogP contribution is 2.38. The molecule has 1 aliphatic carbocycles. The number of rotatable bonds is 7. The van der Waals surface area contributed by atoms with Crippen LogP contribution in [0.4, 0.5) is 0 Å². The van der Waals surface area contributed by atoms with Crippen LogP contribution in [0.5, 0.6) is 11.5 Å². The van der Waals surface area contributed by atoms with Crippen molar-refractivity contribution >= 4 is 11.8 Å². The molecule has 2 aliphatic rings. The lowest BCUT2D eigenvalue weighted by Crippen LogP contribution is -2.47. The Morgan fingerprint density at radius 1 is 1.05 bits per heavy atom. The second-order valence-corrected chi connectivity index (χ2v) is 10.3. The van der Waals surface area contributed by atoms with Gasteiger partial charge in [0, 0.05) is 49.5 Å². The molecule has 2 N–H and O–H groups in total. The summed E-state index contributed by atoms with van der Waals surface area (Å²) in [6.45, 7) is 7.14. The van der Waals surface area contributed by atoms with E-state index in [2.05, 4.69) is 27.5 Å². The molecule has 5 rings (SSSR count). The van der Waals surface area contributed by atoms with Gasteiger partial charge in [0.2, 0.25) is 5.82 Å². The molecule has 3 aromatic rings. The van der Waals surface area contributed by atoms with E-state index >= 15 is 0 Å². The van der Waals surface area contributed by atoms with Crippen molar-refractivity contribution in [3.8, 4) is 28.6 Å². The van der Waals surface area contributed by atoms with Crippen LogP contribution in [0.1, 0.15) is 59.1 Å². The third-order valence-corrected chi connectivity index (χ3v) is 7.15. The van der Waals surface area contributed by atoms with Gasteiger partial charge in [0.1, 0.15) is 11.5 Å². The Morgan fingerprint density at radius 2 is 1.74 bits per heavy atom. The van der Waals surface area contributed by atoms with E-state index in [-0.39, 0.29) is 35.3 Å². The summed E-state index contributed by atoms with van der Waals surface area (Å²) in [5.41, 5.74) is 2.52. The topological polar surface area (TPSA) is 113 Å². The summed E-state index contributed by atoms with van der Waals surface area (Å²) in [4.78, 5) is 30.3. The zero-order chi connectivity index (χ0) is 27.0. The molecule has 0 unspecified atom stereocenters. The van der Waals surface area contributed by atoms with Gasteiger partial charge >= 0.3 is 0 Å². The number of carbonyl (C=O) groups excluding carboxylic acids is 2. The van der Waals surface area contributed by atoms with Gasteiger partial charge in [-0.25, -0.2) is 0 Å². The number of phenolic OH excluding ortho intramolecular Hbond substituents is 1. The monoisotopic (exact) mass is 518 g/mol. The molecule has 0 spiro atoms. The maximum Gasteiger partial charge on any atom is 0.289 e. The van der Waals surface area contributed by atoms with Crippen LogP contribution in [0.3, 0.4) is 0 Å². The van der Waals surface area contributed by atoms with Crippen molar-refractivity contribution in [1.29, 1.82) is 0 Å². The number of likely N-dealkylation sites (N-methyl/N-ethyl adjacent to an activating group) is 1. The maximum absolute atomic E-state index is 13.1. The molecule has 0 radical (unpaired) electrons. The largest absolute Gasteiger partial charge is 0.507 e. The molecule has 2 fully saturated rings. The Bertz CT molecular complexity index is 1340. The SMILES string of the molecule is COc1cc(O)c(-c2nnc(C(=O)NC3CC3)n2-c2ccc(C(=O)N3CCN(C)CC3)cc2)cc1C(C)C. The third kappa shape index (κ3) is 5.08. The van der Waals surface area contributed by atoms with E-state index in [4.69, 9.17) is 4.74 Å². The van der Waals surface area contributed by atoms with Gasteiger partial charge in [0.05, 0.1) is 12.7 Å². The molecular weight excluding hydrogens is 484 g/mol. The number of hydrogen-bond donors (Lipinski definition) is 2. The number of piperazine rings is 1. The van der Waals surface area contributed by atoms with Crippen molar-refractivity contribution in [3.63, 3.8) is 0 Å². The van der Waals surface area contributed by atoms with Gasteiger partial charge < -0.3 is 25.0 Å². The average molecular weight is 519 g/mol. The minimum Gasteiger partial charge on any atom is -0.507 e. The van der Waals surface area contributed by atoms with Crippen LogP contribution in [0, 0.1) is 0 Å². The zero-order valence-corrected chi connectivity index (χ0v) is 22.3. The second-order valence-electron chi connectivity index (χ2n) is 10.3. The second kappa shape index (κ2) is 10.4. The lowest BCUT2D eigenvalue weighted by molar-refractivity contribution is 0.0664. The van der Waals surface area contributed by atoms with E-state index in [0.717, 1.165) is 31.5 Å². The third-order valence-electron chi connectivity index (χ3n) is 7.15. The Morgan fingerprint density at radius 3 is 2.34 bits per heavy atom. The minimum absolute atomic E-state index is 0.0188. The van der Waals surface area contributed by atoms with Crippen LogP contribution in [-0.4, -0.2) is 87.9 Å². The number of phenols is 1. The van der Waals surface area contributed by atoms with Crippen LogP contribution >= 0.6 is 0 Å². The smallest absolute Gasteiger partial charge is 0.289 e. The number of hydrogen-bond acceptors (Lipinski definition) is 7. The Kier molecular flexibility index (Phi) is 7.07. The molecule has 2 amide bonds. The first-order valence-corrected chi connectivity index (χ1v) is 13.0.